The second-order valence-electron chi connectivity index (χ2n) is 6.61. The number of carbonyl (C=O) groups is 2. The van der Waals surface area contributed by atoms with Crippen LogP contribution in [0.2, 0.25) is 0 Å². The second kappa shape index (κ2) is 10.1. The van der Waals surface area contributed by atoms with Gasteiger partial charge in [0.2, 0.25) is 5.91 Å². The molecule has 1 heterocycles. The molecule has 1 aliphatic rings. The van der Waals surface area contributed by atoms with E-state index in [9.17, 15) is 9.59 Å². The van der Waals surface area contributed by atoms with E-state index in [-0.39, 0.29) is 36.7 Å². The van der Waals surface area contributed by atoms with Crippen molar-refractivity contribution in [2.75, 3.05) is 26.2 Å². The van der Waals surface area contributed by atoms with Crippen molar-refractivity contribution in [2.45, 2.75) is 18.9 Å². The van der Waals surface area contributed by atoms with Crippen LogP contribution in [0.3, 0.4) is 0 Å². The van der Waals surface area contributed by atoms with Gasteiger partial charge < -0.3 is 15.5 Å². The SMILES string of the molecule is Cl.NC(CC(=O)N1CCCN(C(=O)c2ccccc2)CC1)c1ccccc1. The van der Waals surface area contributed by atoms with Crippen LogP contribution in [0.25, 0.3) is 0 Å². The van der Waals surface area contributed by atoms with E-state index in [1.165, 1.54) is 0 Å². The van der Waals surface area contributed by atoms with E-state index in [1.807, 2.05) is 70.5 Å². The lowest BCUT2D eigenvalue weighted by Gasteiger charge is -2.23. The van der Waals surface area contributed by atoms with E-state index in [4.69, 9.17) is 5.73 Å². The fraction of sp³-hybridized carbons (Fsp3) is 0.333. The molecule has 0 saturated carbocycles. The summed E-state index contributed by atoms with van der Waals surface area (Å²) >= 11 is 0. The monoisotopic (exact) mass is 387 g/mol. The average Bonchev–Trinajstić information content (AvgIpc) is 2.95. The molecule has 5 nitrogen and oxygen atoms in total. The minimum atomic E-state index is -0.297. The molecule has 0 radical (unpaired) electrons. The third kappa shape index (κ3) is 5.55. The van der Waals surface area contributed by atoms with Gasteiger partial charge in [-0.1, -0.05) is 48.5 Å². The zero-order valence-electron chi connectivity index (χ0n) is 15.3. The van der Waals surface area contributed by atoms with Gasteiger partial charge in [0.05, 0.1) is 0 Å². The molecule has 0 aromatic heterocycles. The first kappa shape index (κ1) is 20.9. The van der Waals surface area contributed by atoms with Gasteiger partial charge in [0.1, 0.15) is 0 Å². The van der Waals surface area contributed by atoms with Crippen LogP contribution in [0, 0.1) is 0 Å². The van der Waals surface area contributed by atoms with Gasteiger partial charge in [-0.3, -0.25) is 9.59 Å². The number of amides is 2. The van der Waals surface area contributed by atoms with E-state index in [1.54, 1.807) is 0 Å². The molecule has 1 atom stereocenters. The molecule has 1 unspecified atom stereocenters. The van der Waals surface area contributed by atoms with Crippen LogP contribution in [0.4, 0.5) is 0 Å². The Labute approximate surface area is 166 Å². The predicted molar refractivity (Wildman–Crippen MR) is 109 cm³/mol. The zero-order valence-corrected chi connectivity index (χ0v) is 16.1. The Morgan fingerprint density at radius 1 is 0.852 bits per heavy atom. The molecule has 144 valence electrons. The number of hydrogen-bond donors (Lipinski definition) is 1. The number of halogens is 1. The van der Waals surface area contributed by atoms with Gasteiger partial charge in [0, 0.05) is 44.2 Å². The lowest BCUT2D eigenvalue weighted by Crippen LogP contribution is -2.38. The van der Waals surface area contributed by atoms with Crippen LogP contribution < -0.4 is 5.73 Å². The Morgan fingerprint density at radius 2 is 1.41 bits per heavy atom. The van der Waals surface area contributed by atoms with Crippen LogP contribution in [-0.4, -0.2) is 47.8 Å². The first-order valence-electron chi connectivity index (χ1n) is 9.08. The van der Waals surface area contributed by atoms with Crippen molar-refractivity contribution in [1.82, 2.24) is 9.80 Å². The summed E-state index contributed by atoms with van der Waals surface area (Å²) in [5.41, 5.74) is 7.84. The van der Waals surface area contributed by atoms with Crippen LogP contribution in [0.5, 0.6) is 0 Å². The molecule has 1 fully saturated rings. The molecule has 2 aromatic carbocycles. The highest BCUT2D eigenvalue weighted by Gasteiger charge is 2.24. The van der Waals surface area contributed by atoms with Gasteiger partial charge in [-0.15, -0.1) is 12.4 Å². The molecule has 1 saturated heterocycles. The number of hydrogen-bond acceptors (Lipinski definition) is 3. The Kier molecular flexibility index (Phi) is 7.82. The van der Waals surface area contributed by atoms with Crippen molar-refractivity contribution in [1.29, 1.82) is 0 Å². The second-order valence-corrected chi connectivity index (χ2v) is 6.61. The van der Waals surface area contributed by atoms with Gasteiger partial charge in [0.15, 0.2) is 0 Å². The first-order chi connectivity index (χ1) is 12.6. The summed E-state index contributed by atoms with van der Waals surface area (Å²) in [4.78, 5) is 28.9. The Balaban J connectivity index is 0.00000261. The average molecular weight is 388 g/mol. The molecule has 0 aliphatic carbocycles. The predicted octanol–water partition coefficient (Wildman–Crippen LogP) is 2.87. The van der Waals surface area contributed by atoms with Crippen LogP contribution in [0.15, 0.2) is 60.7 Å². The van der Waals surface area contributed by atoms with Crippen molar-refractivity contribution < 1.29 is 9.59 Å². The summed E-state index contributed by atoms with van der Waals surface area (Å²) in [6.45, 7) is 2.44. The summed E-state index contributed by atoms with van der Waals surface area (Å²) < 4.78 is 0. The van der Waals surface area contributed by atoms with Crippen LogP contribution >= 0.6 is 12.4 Å². The van der Waals surface area contributed by atoms with Crippen LogP contribution in [-0.2, 0) is 4.79 Å². The summed E-state index contributed by atoms with van der Waals surface area (Å²) in [6, 6.07) is 18.7. The molecule has 0 spiro atoms. The fourth-order valence-corrected chi connectivity index (χ4v) is 3.27. The Bertz CT molecular complexity index is 740. The van der Waals surface area contributed by atoms with Gasteiger partial charge >= 0.3 is 0 Å². The highest BCUT2D eigenvalue weighted by atomic mass is 35.5. The third-order valence-corrected chi connectivity index (χ3v) is 4.78. The van der Waals surface area contributed by atoms with Gasteiger partial charge in [-0.2, -0.15) is 0 Å². The fourth-order valence-electron chi connectivity index (χ4n) is 3.27. The summed E-state index contributed by atoms with van der Waals surface area (Å²) in [7, 11) is 0. The van der Waals surface area contributed by atoms with Crippen LogP contribution in [0.1, 0.15) is 34.8 Å². The molecule has 2 amide bonds. The minimum absolute atomic E-state index is 0. The van der Waals surface area contributed by atoms with E-state index in [2.05, 4.69) is 0 Å². The molecule has 6 heteroatoms. The van der Waals surface area contributed by atoms with Crippen molar-refractivity contribution >= 4 is 24.2 Å². The maximum atomic E-state index is 12.6. The summed E-state index contributed by atoms with van der Waals surface area (Å²) in [5, 5.41) is 0. The zero-order chi connectivity index (χ0) is 18.4. The topological polar surface area (TPSA) is 66.6 Å². The maximum Gasteiger partial charge on any atom is 0.253 e. The lowest BCUT2D eigenvalue weighted by atomic mass is 10.0. The molecular formula is C21H26ClN3O2. The number of benzene rings is 2. The third-order valence-electron chi connectivity index (χ3n) is 4.78. The van der Waals surface area contributed by atoms with E-state index in [0.29, 0.717) is 31.7 Å². The molecule has 0 bridgehead atoms. The molecule has 27 heavy (non-hydrogen) atoms. The first-order valence-corrected chi connectivity index (χ1v) is 9.08. The van der Waals surface area contributed by atoms with Gasteiger partial charge in [0.25, 0.3) is 5.91 Å². The maximum absolute atomic E-state index is 12.6. The largest absolute Gasteiger partial charge is 0.341 e. The molecule has 1 aliphatic heterocycles. The molecule has 3 rings (SSSR count). The highest BCUT2D eigenvalue weighted by molar-refractivity contribution is 5.94. The quantitative estimate of drug-likeness (QED) is 0.877. The van der Waals surface area contributed by atoms with E-state index >= 15 is 0 Å². The van der Waals surface area contributed by atoms with E-state index in [0.717, 1.165) is 12.0 Å². The Hall–Kier alpha value is -2.37. The number of rotatable bonds is 4. The summed E-state index contributed by atoms with van der Waals surface area (Å²) in [5.74, 6) is 0.0799. The smallest absolute Gasteiger partial charge is 0.253 e. The standard InChI is InChI=1S/C21H25N3O2.ClH/c22-19(17-8-3-1-4-9-17)16-20(25)23-12-7-13-24(15-14-23)21(26)18-10-5-2-6-11-18;/h1-6,8-11,19H,7,12-16,22H2;1H. The normalized spacial score (nSPS) is 15.4. The minimum Gasteiger partial charge on any atom is -0.341 e. The van der Waals surface area contributed by atoms with Gasteiger partial charge in [-0.25, -0.2) is 0 Å². The number of nitrogens with two attached hydrogens (primary N) is 1. The lowest BCUT2D eigenvalue weighted by molar-refractivity contribution is -0.131. The number of nitrogens with zero attached hydrogens (tertiary/aromatic N) is 2. The summed E-state index contributed by atoms with van der Waals surface area (Å²) in [6.07, 6.45) is 1.07. The van der Waals surface area contributed by atoms with Crippen molar-refractivity contribution in [3.05, 3.63) is 71.8 Å². The van der Waals surface area contributed by atoms with Crippen molar-refractivity contribution in [2.24, 2.45) is 5.73 Å². The molecular weight excluding hydrogens is 362 g/mol. The highest BCUT2D eigenvalue weighted by Crippen LogP contribution is 2.16. The Morgan fingerprint density at radius 3 is 2.07 bits per heavy atom. The van der Waals surface area contributed by atoms with Gasteiger partial charge in [-0.05, 0) is 24.1 Å². The van der Waals surface area contributed by atoms with Crippen molar-refractivity contribution in [3.63, 3.8) is 0 Å². The van der Waals surface area contributed by atoms with E-state index < -0.39 is 0 Å². The van der Waals surface area contributed by atoms with Crippen molar-refractivity contribution in [3.8, 4) is 0 Å². The number of carbonyl (C=O) groups excluding carboxylic acids is 2. The molecule has 2 N–H and O–H groups in total. The molecule has 2 aromatic rings.